The molecule has 0 aliphatic carbocycles. The lowest BCUT2D eigenvalue weighted by Crippen LogP contribution is -2.14. The zero-order valence-corrected chi connectivity index (χ0v) is 20.7. The minimum Gasteiger partial charge on any atom is -0.497 e. The van der Waals surface area contributed by atoms with Crippen LogP contribution in [0.4, 0.5) is 5.69 Å². The van der Waals surface area contributed by atoms with Crippen molar-refractivity contribution in [1.29, 1.82) is 0 Å². The van der Waals surface area contributed by atoms with E-state index in [1.165, 1.54) is 11.8 Å². The molecule has 2 N–H and O–H groups in total. The van der Waals surface area contributed by atoms with Crippen LogP contribution in [0.25, 0.3) is 28.0 Å². The maximum atomic E-state index is 12.7. The Morgan fingerprint density at radius 2 is 1.97 bits per heavy atom. The number of hydrogen-bond donors (Lipinski definition) is 2. The number of aromatic nitrogens is 4. The van der Waals surface area contributed by atoms with Gasteiger partial charge in [0.2, 0.25) is 5.91 Å². The van der Waals surface area contributed by atoms with Gasteiger partial charge in [-0.25, -0.2) is 0 Å². The molecule has 0 aliphatic rings. The van der Waals surface area contributed by atoms with Crippen LogP contribution in [0.5, 0.6) is 5.75 Å². The van der Waals surface area contributed by atoms with Crippen LogP contribution in [0.3, 0.4) is 0 Å². The SMILES string of the molecule is COc1cccc(-n2c(SCC(=O)Nc3ccc(C)c(Cl)c3)nnc2-c2c[nH]c3ccccc23)c1. The van der Waals surface area contributed by atoms with E-state index in [4.69, 9.17) is 16.3 Å². The zero-order valence-electron chi connectivity index (χ0n) is 19.1. The van der Waals surface area contributed by atoms with Crippen molar-refractivity contribution in [2.24, 2.45) is 0 Å². The summed E-state index contributed by atoms with van der Waals surface area (Å²) in [6, 6.07) is 21.1. The number of fused-ring (bicyclic) bond motifs is 1. The number of nitrogens with one attached hydrogen (secondary N) is 2. The number of benzene rings is 3. The summed E-state index contributed by atoms with van der Waals surface area (Å²) in [6.07, 6.45) is 1.92. The first-order valence-corrected chi connectivity index (χ1v) is 12.2. The molecule has 1 amide bonds. The van der Waals surface area contributed by atoms with Crippen molar-refractivity contribution in [3.8, 4) is 22.8 Å². The van der Waals surface area contributed by atoms with Gasteiger partial charge in [0.05, 0.1) is 18.6 Å². The second kappa shape index (κ2) is 9.85. The van der Waals surface area contributed by atoms with E-state index in [0.29, 0.717) is 27.4 Å². The highest BCUT2D eigenvalue weighted by atomic mass is 35.5. The smallest absolute Gasteiger partial charge is 0.234 e. The maximum Gasteiger partial charge on any atom is 0.234 e. The van der Waals surface area contributed by atoms with Crippen LogP contribution in [0.2, 0.25) is 5.02 Å². The van der Waals surface area contributed by atoms with E-state index in [2.05, 4.69) is 20.5 Å². The van der Waals surface area contributed by atoms with E-state index < -0.39 is 0 Å². The van der Waals surface area contributed by atoms with Gasteiger partial charge in [0.1, 0.15) is 5.75 Å². The van der Waals surface area contributed by atoms with Crippen LogP contribution in [0.15, 0.2) is 78.1 Å². The number of anilines is 1. The average molecular weight is 504 g/mol. The van der Waals surface area contributed by atoms with Crippen LogP contribution >= 0.6 is 23.4 Å². The Balaban J connectivity index is 1.47. The summed E-state index contributed by atoms with van der Waals surface area (Å²) in [6.45, 7) is 1.92. The predicted molar refractivity (Wildman–Crippen MR) is 141 cm³/mol. The van der Waals surface area contributed by atoms with Gasteiger partial charge in [-0.15, -0.1) is 10.2 Å². The van der Waals surface area contributed by atoms with Crippen LogP contribution < -0.4 is 10.1 Å². The van der Waals surface area contributed by atoms with Crippen molar-refractivity contribution in [2.45, 2.75) is 12.1 Å². The first kappa shape index (κ1) is 23.0. The molecule has 0 fully saturated rings. The van der Waals surface area contributed by atoms with E-state index in [0.717, 1.165) is 27.7 Å². The van der Waals surface area contributed by atoms with E-state index >= 15 is 0 Å². The van der Waals surface area contributed by atoms with Gasteiger partial charge in [-0.3, -0.25) is 9.36 Å². The van der Waals surface area contributed by atoms with E-state index in [9.17, 15) is 4.79 Å². The number of methoxy groups -OCH3 is 1. The van der Waals surface area contributed by atoms with Crippen molar-refractivity contribution >= 4 is 45.9 Å². The molecule has 0 aliphatic heterocycles. The molecule has 0 bridgehead atoms. The maximum absolute atomic E-state index is 12.7. The minimum atomic E-state index is -0.163. The zero-order chi connectivity index (χ0) is 24.4. The summed E-state index contributed by atoms with van der Waals surface area (Å²) < 4.78 is 7.38. The Hall–Kier alpha value is -3.75. The van der Waals surface area contributed by atoms with Gasteiger partial charge in [0, 0.05) is 39.4 Å². The number of rotatable bonds is 7. The molecule has 0 saturated carbocycles. The quantitative estimate of drug-likeness (QED) is 0.261. The van der Waals surface area contributed by atoms with E-state index in [-0.39, 0.29) is 11.7 Å². The fourth-order valence-corrected chi connectivity index (χ4v) is 4.71. The second-order valence-electron chi connectivity index (χ2n) is 7.89. The number of hydrogen-bond acceptors (Lipinski definition) is 5. The number of nitrogens with zero attached hydrogens (tertiary/aromatic N) is 3. The summed E-state index contributed by atoms with van der Waals surface area (Å²) in [7, 11) is 1.63. The highest BCUT2D eigenvalue weighted by Crippen LogP contribution is 2.33. The number of aryl methyl sites for hydroxylation is 1. The Kier molecular flexibility index (Phi) is 6.48. The molecule has 5 aromatic rings. The normalized spacial score (nSPS) is 11.1. The number of carbonyl (C=O) groups excluding carboxylic acids is 1. The topological polar surface area (TPSA) is 84.8 Å². The van der Waals surface area contributed by atoms with Gasteiger partial charge in [-0.2, -0.15) is 0 Å². The first-order chi connectivity index (χ1) is 17.0. The van der Waals surface area contributed by atoms with Gasteiger partial charge in [-0.1, -0.05) is 53.7 Å². The summed E-state index contributed by atoms with van der Waals surface area (Å²) in [5.41, 5.74) is 4.37. The molecule has 5 rings (SSSR count). The van der Waals surface area contributed by atoms with Gasteiger partial charge in [-0.05, 0) is 42.8 Å². The van der Waals surface area contributed by atoms with Gasteiger partial charge >= 0.3 is 0 Å². The average Bonchev–Trinajstić information content (AvgIpc) is 3.49. The molecule has 0 unspecified atom stereocenters. The lowest BCUT2D eigenvalue weighted by atomic mass is 10.1. The Morgan fingerprint density at radius 1 is 1.11 bits per heavy atom. The molecule has 0 atom stereocenters. The van der Waals surface area contributed by atoms with Crippen LogP contribution in [-0.2, 0) is 4.79 Å². The van der Waals surface area contributed by atoms with Gasteiger partial charge < -0.3 is 15.0 Å². The largest absolute Gasteiger partial charge is 0.497 e. The third kappa shape index (κ3) is 4.76. The molecule has 3 aromatic carbocycles. The lowest BCUT2D eigenvalue weighted by molar-refractivity contribution is -0.113. The Morgan fingerprint density at radius 3 is 2.80 bits per heavy atom. The molecule has 0 spiro atoms. The van der Waals surface area contributed by atoms with Crippen molar-refractivity contribution in [2.75, 3.05) is 18.2 Å². The van der Waals surface area contributed by atoms with Gasteiger partial charge in [0.15, 0.2) is 11.0 Å². The molecule has 35 heavy (non-hydrogen) atoms. The number of H-pyrrole nitrogens is 1. The molecule has 176 valence electrons. The third-order valence-corrected chi connectivity index (χ3v) is 6.90. The van der Waals surface area contributed by atoms with E-state index in [1.807, 2.05) is 78.4 Å². The Bertz CT molecular complexity index is 1530. The van der Waals surface area contributed by atoms with Crippen LogP contribution in [-0.4, -0.2) is 38.5 Å². The monoisotopic (exact) mass is 503 g/mol. The van der Waals surface area contributed by atoms with Crippen molar-refractivity contribution in [1.82, 2.24) is 19.7 Å². The Labute approximate surface area is 211 Å². The predicted octanol–water partition coefficient (Wildman–Crippen LogP) is 6.12. The van der Waals surface area contributed by atoms with Crippen molar-refractivity contribution < 1.29 is 9.53 Å². The molecule has 2 aromatic heterocycles. The molecule has 0 saturated heterocycles. The molecule has 2 heterocycles. The summed E-state index contributed by atoms with van der Waals surface area (Å²) in [4.78, 5) is 16.0. The van der Waals surface area contributed by atoms with Crippen LogP contribution in [0.1, 0.15) is 5.56 Å². The third-order valence-electron chi connectivity index (χ3n) is 5.56. The number of halogens is 1. The van der Waals surface area contributed by atoms with Crippen LogP contribution in [0, 0.1) is 6.92 Å². The molecular formula is C26H22ClN5O2S. The minimum absolute atomic E-state index is 0.154. The molecule has 0 radical (unpaired) electrons. The number of amides is 1. The van der Waals surface area contributed by atoms with E-state index in [1.54, 1.807) is 13.2 Å². The second-order valence-corrected chi connectivity index (χ2v) is 9.24. The lowest BCUT2D eigenvalue weighted by Gasteiger charge is -2.11. The summed E-state index contributed by atoms with van der Waals surface area (Å²) in [5, 5.41) is 14.1. The van der Waals surface area contributed by atoms with Gasteiger partial charge in [0.25, 0.3) is 0 Å². The standard InChI is InChI=1S/C26H22ClN5O2S/c1-16-10-11-17(12-22(16)27)29-24(33)15-35-26-31-30-25(21-14-28-23-9-4-3-8-20(21)23)32(26)18-6-5-7-19(13-18)34-2/h3-14,28H,15H2,1-2H3,(H,29,33). The fourth-order valence-electron chi connectivity index (χ4n) is 3.77. The number of carbonyl (C=O) groups is 1. The molecule has 9 heteroatoms. The highest BCUT2D eigenvalue weighted by Gasteiger charge is 2.20. The number of para-hydroxylation sites is 1. The van der Waals surface area contributed by atoms with Crippen molar-refractivity contribution in [3.63, 3.8) is 0 Å². The van der Waals surface area contributed by atoms with Crippen molar-refractivity contribution in [3.05, 3.63) is 83.5 Å². The summed E-state index contributed by atoms with van der Waals surface area (Å²) >= 11 is 7.49. The number of thioether (sulfide) groups is 1. The highest BCUT2D eigenvalue weighted by molar-refractivity contribution is 7.99. The molecule has 7 nitrogen and oxygen atoms in total. The number of aromatic amines is 1. The first-order valence-electron chi connectivity index (χ1n) is 10.9. The number of ether oxygens (including phenoxy) is 1. The molecular weight excluding hydrogens is 482 g/mol. The summed E-state index contributed by atoms with van der Waals surface area (Å²) in [5.74, 6) is 1.38. The fraction of sp³-hybridized carbons (Fsp3) is 0.115.